The average Bonchev–Trinajstić information content (AvgIpc) is 2.59. The van der Waals surface area contributed by atoms with Crippen LogP contribution in [0.15, 0.2) is 18.0 Å². The second-order valence-electron chi connectivity index (χ2n) is 3.20. The molecule has 1 aromatic heterocycles. The van der Waals surface area contributed by atoms with E-state index in [1.165, 1.54) is 10.9 Å². The van der Waals surface area contributed by atoms with Crippen LogP contribution in [0, 0.1) is 6.92 Å². The number of rotatable bonds is 4. The van der Waals surface area contributed by atoms with Gasteiger partial charge in [-0.2, -0.15) is 5.10 Å². The summed E-state index contributed by atoms with van der Waals surface area (Å²) >= 11 is 0. The Kier molecular flexibility index (Phi) is 6.59. The van der Waals surface area contributed by atoms with Gasteiger partial charge in [0, 0.05) is 12.7 Å². The Labute approximate surface area is 120 Å². The van der Waals surface area contributed by atoms with E-state index in [-0.39, 0.29) is 35.1 Å². The number of halogens is 2. The van der Waals surface area contributed by atoms with Crippen molar-refractivity contribution in [2.75, 3.05) is 0 Å². The zero-order valence-electron chi connectivity index (χ0n) is 9.91. The van der Waals surface area contributed by atoms with E-state index in [0.29, 0.717) is 18.3 Å². The van der Waals surface area contributed by atoms with Crippen LogP contribution in [-0.4, -0.2) is 22.0 Å². The van der Waals surface area contributed by atoms with Gasteiger partial charge in [0.2, 0.25) is 6.43 Å². The first-order chi connectivity index (χ1) is 7.45. The van der Waals surface area contributed by atoms with Gasteiger partial charge in [0.05, 0.1) is 11.3 Å². The Hall–Kier alpha value is -0.720. The first-order valence-corrected chi connectivity index (χ1v) is 4.70. The summed E-state index contributed by atoms with van der Waals surface area (Å²) in [7, 11) is 0. The first-order valence-electron chi connectivity index (χ1n) is 4.70. The minimum atomic E-state index is -3.15. The molecule has 1 aromatic rings. The first kappa shape index (κ1) is 16.3. The second kappa shape index (κ2) is 6.88. The molecule has 4 nitrogen and oxygen atoms in total. The third-order valence-electron chi connectivity index (χ3n) is 2.02. The molecular formula is C10H11F2N2NaO2. The van der Waals surface area contributed by atoms with Crippen LogP contribution in [0.2, 0.25) is 0 Å². The third kappa shape index (κ3) is 4.22. The number of ketones is 1. The quantitative estimate of drug-likeness (QED) is 0.267. The molecule has 7 heteroatoms. The zero-order valence-corrected chi connectivity index (χ0v) is 11.9. The van der Waals surface area contributed by atoms with Crippen LogP contribution in [0.25, 0.3) is 0 Å². The maximum Gasteiger partial charge on any atom is 1.00 e. The molecule has 1 rings (SSSR count). The van der Waals surface area contributed by atoms with Crippen molar-refractivity contribution >= 4 is 5.78 Å². The molecule has 0 aliphatic heterocycles. The molecule has 0 bridgehead atoms. The van der Waals surface area contributed by atoms with Gasteiger partial charge < -0.3 is 5.11 Å². The average molecular weight is 252 g/mol. The fraction of sp³-hybridized carbons (Fsp3) is 0.400. The molecule has 0 N–H and O–H groups in total. The number of hydrogen-bond donors (Lipinski definition) is 0. The van der Waals surface area contributed by atoms with Gasteiger partial charge in [-0.05, 0) is 19.9 Å². The summed E-state index contributed by atoms with van der Waals surface area (Å²) in [4.78, 5) is 11.4. The number of hydrogen-bond acceptors (Lipinski definition) is 3. The second-order valence-corrected chi connectivity index (χ2v) is 3.20. The van der Waals surface area contributed by atoms with E-state index in [4.69, 9.17) is 0 Å². The molecule has 0 aliphatic rings. The van der Waals surface area contributed by atoms with E-state index >= 15 is 0 Å². The normalized spacial score (nSPS) is 11.5. The minimum Gasteiger partial charge on any atom is -0.872 e. The predicted molar refractivity (Wildman–Crippen MR) is 51.1 cm³/mol. The fourth-order valence-corrected chi connectivity index (χ4v) is 1.19. The van der Waals surface area contributed by atoms with Gasteiger partial charge in [-0.3, -0.25) is 9.48 Å². The molecule has 0 saturated heterocycles. The van der Waals surface area contributed by atoms with Crippen molar-refractivity contribution in [3.05, 3.63) is 29.3 Å². The molecule has 17 heavy (non-hydrogen) atoms. The van der Waals surface area contributed by atoms with Crippen LogP contribution in [0.4, 0.5) is 8.78 Å². The van der Waals surface area contributed by atoms with Gasteiger partial charge in [0.25, 0.3) is 0 Å². The summed E-state index contributed by atoms with van der Waals surface area (Å²) < 4.78 is 25.3. The number of carbonyl (C=O) groups excluding carboxylic acids is 1. The van der Waals surface area contributed by atoms with E-state index in [1.54, 1.807) is 6.92 Å². The summed E-state index contributed by atoms with van der Waals surface area (Å²) in [5.41, 5.74) is 0.598. The van der Waals surface area contributed by atoms with Crippen molar-refractivity contribution in [1.82, 2.24) is 9.78 Å². The van der Waals surface area contributed by atoms with Crippen molar-refractivity contribution in [3.8, 4) is 0 Å². The molecule has 0 amide bonds. The summed E-state index contributed by atoms with van der Waals surface area (Å²) in [5.74, 6) is -2.21. The number of carbonyl (C=O) groups is 1. The fourth-order valence-electron chi connectivity index (χ4n) is 1.19. The van der Waals surface area contributed by atoms with Gasteiger partial charge in [-0.1, -0.05) is 5.76 Å². The maximum absolute atomic E-state index is 11.9. The summed E-state index contributed by atoms with van der Waals surface area (Å²) in [6, 6.07) is 0. The van der Waals surface area contributed by atoms with Crippen molar-refractivity contribution in [1.29, 1.82) is 0 Å². The van der Waals surface area contributed by atoms with E-state index in [1.807, 2.05) is 6.92 Å². The molecule has 0 radical (unpaired) electrons. The smallest absolute Gasteiger partial charge is 0.872 e. The van der Waals surface area contributed by atoms with E-state index < -0.39 is 18.0 Å². The zero-order chi connectivity index (χ0) is 12.3. The van der Waals surface area contributed by atoms with Crippen LogP contribution in [0.5, 0.6) is 0 Å². The molecule has 0 atom stereocenters. The Balaban J connectivity index is 0.00000256. The monoisotopic (exact) mass is 252 g/mol. The molecular weight excluding hydrogens is 241 g/mol. The number of aromatic nitrogens is 2. The predicted octanol–water partition coefficient (Wildman–Crippen LogP) is -2.09. The summed E-state index contributed by atoms with van der Waals surface area (Å²) in [6.45, 7) is 3.98. The Morgan fingerprint density at radius 3 is 2.65 bits per heavy atom. The van der Waals surface area contributed by atoms with Crippen LogP contribution in [0.1, 0.15) is 23.0 Å². The third-order valence-corrected chi connectivity index (χ3v) is 2.02. The van der Waals surface area contributed by atoms with E-state index in [0.717, 1.165) is 0 Å². The number of aryl methyl sites for hydroxylation is 2. The molecule has 0 aromatic carbocycles. The van der Waals surface area contributed by atoms with Crippen molar-refractivity contribution in [2.45, 2.75) is 26.8 Å². The molecule has 0 aliphatic carbocycles. The topological polar surface area (TPSA) is 58.0 Å². The van der Waals surface area contributed by atoms with Gasteiger partial charge >= 0.3 is 29.6 Å². The molecule has 88 valence electrons. The largest absolute Gasteiger partial charge is 1.00 e. The summed E-state index contributed by atoms with van der Waals surface area (Å²) in [6.07, 6.45) is -1.30. The van der Waals surface area contributed by atoms with Crippen LogP contribution >= 0.6 is 0 Å². The van der Waals surface area contributed by atoms with Crippen molar-refractivity contribution in [3.63, 3.8) is 0 Å². The molecule has 1 heterocycles. The Morgan fingerprint density at radius 1 is 1.65 bits per heavy atom. The van der Waals surface area contributed by atoms with E-state index in [9.17, 15) is 18.7 Å². The molecule has 0 fully saturated rings. The number of allylic oxidation sites excluding steroid dienone is 2. The van der Waals surface area contributed by atoms with Crippen LogP contribution in [0.3, 0.4) is 0 Å². The van der Waals surface area contributed by atoms with E-state index in [2.05, 4.69) is 5.10 Å². The van der Waals surface area contributed by atoms with Crippen molar-refractivity contribution < 1.29 is 48.2 Å². The molecule has 0 spiro atoms. The van der Waals surface area contributed by atoms with Crippen molar-refractivity contribution in [2.24, 2.45) is 0 Å². The Morgan fingerprint density at radius 2 is 2.24 bits per heavy atom. The van der Waals surface area contributed by atoms with Crippen LogP contribution in [-0.2, 0) is 6.54 Å². The standard InChI is InChI=1S/C10H12F2N2O2.Na/c1-3-14-5-7(6(2)13-14)8(15)4-9(16)10(11)12;/h4-5,10,16H,3H2,1-2H3;/q;+1/p-1/b9-4+;. The molecule has 0 saturated carbocycles. The number of nitrogens with zero attached hydrogens (tertiary/aromatic N) is 2. The maximum atomic E-state index is 11.9. The van der Waals surface area contributed by atoms with Crippen LogP contribution < -0.4 is 34.7 Å². The summed E-state index contributed by atoms with van der Waals surface area (Å²) in [5, 5.41) is 14.6. The Bertz CT molecular complexity index is 430. The minimum absolute atomic E-state index is 0. The van der Waals surface area contributed by atoms with Gasteiger partial charge in [-0.15, -0.1) is 0 Å². The number of alkyl halides is 2. The van der Waals surface area contributed by atoms with Gasteiger partial charge in [-0.25, -0.2) is 8.78 Å². The van der Waals surface area contributed by atoms with Gasteiger partial charge in [0.15, 0.2) is 5.78 Å². The molecule has 0 unspecified atom stereocenters. The SMILES string of the molecule is CCn1cc(C(=O)/C=C(/[O-])C(F)F)c(C)n1.[Na+]. The van der Waals surface area contributed by atoms with Gasteiger partial charge in [0.1, 0.15) is 0 Å².